The Labute approximate surface area is 211 Å². The lowest BCUT2D eigenvalue weighted by atomic mass is 10.0. The van der Waals surface area contributed by atoms with Crippen LogP contribution in [0.5, 0.6) is 5.75 Å². The number of nitrogens with one attached hydrogen (secondary N) is 1. The summed E-state index contributed by atoms with van der Waals surface area (Å²) in [6, 6.07) is 20.9. The molecule has 2 atom stereocenters. The number of rotatable bonds is 6. The number of carboxylic acid groups (broad SMARTS) is 1. The number of methoxy groups -OCH3 is 1. The first kappa shape index (κ1) is 22.9. The van der Waals surface area contributed by atoms with E-state index in [1.54, 1.807) is 49.7 Å². The van der Waals surface area contributed by atoms with Gasteiger partial charge in [-0.05, 0) is 66.8 Å². The Bertz CT molecular complexity index is 1390. The smallest absolute Gasteiger partial charge is 0.335 e. The number of nitrogens with zero attached hydrogens (tertiary/aromatic N) is 2. The molecule has 2 aromatic carbocycles. The number of carbonyl (C=O) groups is 1. The third-order valence-electron chi connectivity index (χ3n) is 5.85. The molecule has 0 radical (unpaired) electrons. The van der Waals surface area contributed by atoms with Gasteiger partial charge in [0.2, 0.25) is 0 Å². The van der Waals surface area contributed by atoms with Crippen molar-refractivity contribution in [2.75, 3.05) is 12.0 Å². The SMILES string of the molecule is COc1ccc(N2C(=S)NC(c3ccccn3)C2c2ccc(-c3ccc(C(=O)O)cc3)o2)cc1Cl. The molecule has 3 heterocycles. The highest BCUT2D eigenvalue weighted by Crippen LogP contribution is 2.44. The Balaban J connectivity index is 1.57. The van der Waals surface area contributed by atoms with E-state index in [1.165, 1.54) is 0 Å². The minimum Gasteiger partial charge on any atom is -0.495 e. The summed E-state index contributed by atoms with van der Waals surface area (Å²) in [5.41, 5.74) is 2.57. The van der Waals surface area contributed by atoms with Crippen LogP contribution in [-0.4, -0.2) is 28.3 Å². The molecule has 0 amide bonds. The number of halogens is 1. The summed E-state index contributed by atoms with van der Waals surface area (Å²) in [6.07, 6.45) is 1.74. The molecule has 0 saturated carbocycles. The third-order valence-corrected chi connectivity index (χ3v) is 6.46. The topological polar surface area (TPSA) is 87.8 Å². The number of aromatic nitrogens is 1. The van der Waals surface area contributed by atoms with E-state index >= 15 is 0 Å². The van der Waals surface area contributed by atoms with E-state index in [2.05, 4.69) is 10.3 Å². The van der Waals surface area contributed by atoms with Gasteiger partial charge in [-0.15, -0.1) is 0 Å². The molecule has 1 fully saturated rings. The van der Waals surface area contributed by atoms with Crippen LogP contribution in [0.1, 0.15) is 33.9 Å². The van der Waals surface area contributed by atoms with Crippen molar-refractivity contribution in [3.8, 4) is 17.1 Å². The number of thiocarbonyl (C=S) groups is 1. The Kier molecular flexibility index (Phi) is 6.15. The van der Waals surface area contributed by atoms with Gasteiger partial charge in [-0.2, -0.15) is 0 Å². The van der Waals surface area contributed by atoms with Gasteiger partial charge in [0.05, 0.1) is 29.4 Å². The zero-order valence-electron chi connectivity index (χ0n) is 18.5. The average Bonchev–Trinajstić information content (AvgIpc) is 3.49. The maximum atomic E-state index is 11.2. The second-order valence-electron chi connectivity index (χ2n) is 7.90. The molecule has 4 aromatic rings. The van der Waals surface area contributed by atoms with E-state index in [0.29, 0.717) is 27.4 Å². The highest BCUT2D eigenvalue weighted by Gasteiger charge is 2.42. The van der Waals surface area contributed by atoms with Crippen LogP contribution in [0, 0.1) is 0 Å². The second kappa shape index (κ2) is 9.40. The summed E-state index contributed by atoms with van der Waals surface area (Å²) in [4.78, 5) is 17.7. The van der Waals surface area contributed by atoms with Crippen LogP contribution >= 0.6 is 23.8 Å². The van der Waals surface area contributed by atoms with Gasteiger partial charge in [0, 0.05) is 17.4 Å². The third kappa shape index (κ3) is 4.34. The molecule has 2 N–H and O–H groups in total. The van der Waals surface area contributed by atoms with E-state index in [1.807, 2.05) is 41.3 Å². The maximum absolute atomic E-state index is 11.2. The van der Waals surface area contributed by atoms with Crippen molar-refractivity contribution in [3.05, 3.63) is 101 Å². The molecule has 0 spiro atoms. The van der Waals surface area contributed by atoms with Crippen molar-refractivity contribution in [2.24, 2.45) is 0 Å². The Morgan fingerprint density at radius 1 is 1.14 bits per heavy atom. The molecule has 1 saturated heterocycles. The van der Waals surface area contributed by atoms with Gasteiger partial charge in [0.1, 0.15) is 23.3 Å². The lowest BCUT2D eigenvalue weighted by Crippen LogP contribution is -2.29. The van der Waals surface area contributed by atoms with Gasteiger partial charge in [-0.3, -0.25) is 4.98 Å². The predicted molar refractivity (Wildman–Crippen MR) is 137 cm³/mol. The summed E-state index contributed by atoms with van der Waals surface area (Å²) in [7, 11) is 1.57. The number of hydrogen-bond acceptors (Lipinski definition) is 5. The number of anilines is 1. The van der Waals surface area contributed by atoms with Crippen molar-refractivity contribution >= 4 is 40.6 Å². The van der Waals surface area contributed by atoms with Crippen molar-refractivity contribution in [2.45, 2.75) is 12.1 Å². The highest BCUT2D eigenvalue weighted by atomic mass is 35.5. The van der Waals surface area contributed by atoms with Crippen LogP contribution in [0.4, 0.5) is 5.69 Å². The van der Waals surface area contributed by atoms with Gasteiger partial charge >= 0.3 is 5.97 Å². The molecule has 2 aromatic heterocycles. The molecular weight excluding hydrogens is 486 g/mol. The first-order chi connectivity index (χ1) is 17.0. The zero-order valence-corrected chi connectivity index (χ0v) is 20.1. The van der Waals surface area contributed by atoms with Gasteiger partial charge in [-0.1, -0.05) is 29.8 Å². The first-order valence-corrected chi connectivity index (χ1v) is 11.5. The van der Waals surface area contributed by atoms with Gasteiger partial charge in [-0.25, -0.2) is 4.79 Å². The average molecular weight is 506 g/mol. The number of furan rings is 1. The van der Waals surface area contributed by atoms with Crippen LogP contribution in [0.3, 0.4) is 0 Å². The van der Waals surface area contributed by atoms with E-state index in [-0.39, 0.29) is 17.6 Å². The van der Waals surface area contributed by atoms with E-state index in [4.69, 9.17) is 33.0 Å². The van der Waals surface area contributed by atoms with Crippen LogP contribution in [0.2, 0.25) is 5.02 Å². The Morgan fingerprint density at radius 2 is 1.94 bits per heavy atom. The molecular formula is C26H20ClN3O4S. The van der Waals surface area contributed by atoms with Gasteiger partial charge in [0.25, 0.3) is 0 Å². The fourth-order valence-electron chi connectivity index (χ4n) is 4.17. The van der Waals surface area contributed by atoms with E-state index in [0.717, 1.165) is 16.9 Å². The molecule has 176 valence electrons. The fraction of sp³-hybridized carbons (Fsp3) is 0.115. The van der Waals surface area contributed by atoms with Gasteiger partial charge in [0.15, 0.2) is 5.11 Å². The van der Waals surface area contributed by atoms with Gasteiger partial charge < -0.3 is 24.5 Å². The number of carboxylic acids is 1. The lowest BCUT2D eigenvalue weighted by Gasteiger charge is -2.26. The summed E-state index contributed by atoms with van der Waals surface area (Å²) in [5.74, 6) is 0.866. The summed E-state index contributed by atoms with van der Waals surface area (Å²) in [6.45, 7) is 0. The molecule has 35 heavy (non-hydrogen) atoms. The fourth-order valence-corrected chi connectivity index (χ4v) is 4.77. The summed E-state index contributed by atoms with van der Waals surface area (Å²) in [5, 5.41) is 13.5. The molecule has 1 aliphatic heterocycles. The molecule has 5 rings (SSSR count). The number of benzene rings is 2. The van der Waals surface area contributed by atoms with Crippen molar-refractivity contribution in [3.63, 3.8) is 0 Å². The Hall–Kier alpha value is -3.88. The van der Waals surface area contributed by atoms with E-state index < -0.39 is 5.97 Å². The summed E-state index contributed by atoms with van der Waals surface area (Å²) >= 11 is 12.2. The molecule has 0 bridgehead atoms. The molecule has 9 heteroatoms. The van der Waals surface area contributed by atoms with Crippen LogP contribution < -0.4 is 15.0 Å². The lowest BCUT2D eigenvalue weighted by molar-refractivity contribution is 0.0697. The number of pyridine rings is 1. The van der Waals surface area contributed by atoms with Crippen LogP contribution in [0.15, 0.2) is 83.4 Å². The first-order valence-electron chi connectivity index (χ1n) is 10.7. The zero-order chi connectivity index (χ0) is 24.5. The van der Waals surface area contributed by atoms with Crippen molar-refractivity contribution in [1.29, 1.82) is 0 Å². The largest absolute Gasteiger partial charge is 0.495 e. The number of ether oxygens (including phenoxy) is 1. The quantitative estimate of drug-likeness (QED) is 0.314. The monoisotopic (exact) mass is 505 g/mol. The molecule has 0 aliphatic carbocycles. The number of aromatic carboxylic acids is 1. The highest BCUT2D eigenvalue weighted by molar-refractivity contribution is 7.80. The standard InChI is InChI=1S/C26H20ClN3O4S/c1-33-21-10-9-17(14-18(21)27)30-24(23(29-26(30)35)19-4-2-3-13-28-19)22-12-11-20(34-22)15-5-7-16(8-6-15)25(31)32/h2-14,23-24H,1H3,(H,29,35)(H,31,32). The normalized spacial score (nSPS) is 17.3. The predicted octanol–water partition coefficient (Wildman–Crippen LogP) is 5.88. The molecule has 2 unspecified atom stereocenters. The number of hydrogen-bond donors (Lipinski definition) is 2. The summed E-state index contributed by atoms with van der Waals surface area (Å²) < 4.78 is 11.6. The molecule has 7 nitrogen and oxygen atoms in total. The van der Waals surface area contributed by atoms with Crippen LogP contribution in [0.25, 0.3) is 11.3 Å². The second-order valence-corrected chi connectivity index (χ2v) is 8.69. The van der Waals surface area contributed by atoms with Crippen molar-refractivity contribution in [1.82, 2.24) is 10.3 Å². The van der Waals surface area contributed by atoms with E-state index in [9.17, 15) is 9.90 Å². The maximum Gasteiger partial charge on any atom is 0.335 e. The van der Waals surface area contributed by atoms with Crippen molar-refractivity contribution < 1.29 is 19.1 Å². The minimum absolute atomic E-state index is 0.212. The molecule has 1 aliphatic rings. The Morgan fingerprint density at radius 3 is 2.60 bits per heavy atom. The minimum atomic E-state index is -0.978. The van der Waals surface area contributed by atoms with Crippen LogP contribution in [-0.2, 0) is 0 Å².